The van der Waals surface area contributed by atoms with Gasteiger partial charge in [-0.3, -0.25) is 4.79 Å². The first-order chi connectivity index (χ1) is 8.19. The van der Waals surface area contributed by atoms with Gasteiger partial charge in [-0.1, -0.05) is 11.6 Å². The second-order valence-corrected chi connectivity index (χ2v) is 4.62. The van der Waals surface area contributed by atoms with Crippen molar-refractivity contribution in [2.75, 3.05) is 5.32 Å². The standard InChI is InChI=1S/C12H7ClN2OS/c13-9-5-11(17-7-9)12(16)15-10-3-1-8(6-14)2-4-10/h1-5,7H,(H,15,16). The summed E-state index contributed by atoms with van der Waals surface area (Å²) < 4.78 is 0. The molecule has 1 N–H and O–H groups in total. The van der Waals surface area contributed by atoms with Gasteiger partial charge in [0.05, 0.1) is 21.5 Å². The third-order valence-corrected chi connectivity index (χ3v) is 3.34. The molecule has 0 aliphatic heterocycles. The fourth-order valence-corrected chi connectivity index (χ4v) is 2.22. The molecular weight excluding hydrogens is 256 g/mol. The van der Waals surface area contributed by atoms with Gasteiger partial charge < -0.3 is 5.32 Å². The van der Waals surface area contributed by atoms with E-state index in [1.807, 2.05) is 6.07 Å². The summed E-state index contributed by atoms with van der Waals surface area (Å²) in [5, 5.41) is 13.6. The summed E-state index contributed by atoms with van der Waals surface area (Å²) in [6.07, 6.45) is 0. The lowest BCUT2D eigenvalue weighted by Gasteiger charge is -2.02. The maximum absolute atomic E-state index is 11.8. The van der Waals surface area contributed by atoms with Crippen molar-refractivity contribution in [2.24, 2.45) is 0 Å². The summed E-state index contributed by atoms with van der Waals surface area (Å²) in [6, 6.07) is 10.3. The summed E-state index contributed by atoms with van der Waals surface area (Å²) in [4.78, 5) is 12.3. The van der Waals surface area contributed by atoms with E-state index >= 15 is 0 Å². The Labute approximate surface area is 107 Å². The topological polar surface area (TPSA) is 52.9 Å². The van der Waals surface area contributed by atoms with E-state index in [9.17, 15) is 4.79 Å². The molecule has 0 radical (unpaired) electrons. The van der Waals surface area contributed by atoms with Gasteiger partial charge in [0.15, 0.2) is 0 Å². The minimum atomic E-state index is -0.202. The molecule has 1 heterocycles. The molecule has 2 rings (SSSR count). The fourth-order valence-electron chi connectivity index (χ4n) is 1.25. The number of carbonyl (C=O) groups excluding carboxylic acids is 1. The summed E-state index contributed by atoms with van der Waals surface area (Å²) in [7, 11) is 0. The average Bonchev–Trinajstić information content (AvgIpc) is 2.77. The Balaban J connectivity index is 2.11. The highest BCUT2D eigenvalue weighted by Crippen LogP contribution is 2.20. The molecule has 0 fully saturated rings. The molecule has 0 saturated carbocycles. The molecule has 17 heavy (non-hydrogen) atoms. The highest BCUT2D eigenvalue weighted by molar-refractivity contribution is 7.12. The molecule has 3 nitrogen and oxygen atoms in total. The Morgan fingerprint density at radius 3 is 2.59 bits per heavy atom. The van der Waals surface area contributed by atoms with Crippen LogP contribution in [0.25, 0.3) is 0 Å². The first-order valence-corrected chi connectivity index (χ1v) is 6.00. The molecule has 1 aromatic heterocycles. The lowest BCUT2D eigenvalue weighted by atomic mass is 10.2. The summed E-state index contributed by atoms with van der Waals surface area (Å²) in [5.74, 6) is -0.202. The van der Waals surface area contributed by atoms with E-state index in [1.165, 1.54) is 11.3 Å². The Hall–Kier alpha value is -1.83. The molecule has 0 unspecified atom stereocenters. The second-order valence-electron chi connectivity index (χ2n) is 3.27. The minimum absolute atomic E-state index is 0.202. The van der Waals surface area contributed by atoms with Gasteiger partial charge in [-0.05, 0) is 30.3 Å². The number of nitrogens with one attached hydrogen (secondary N) is 1. The third kappa shape index (κ3) is 2.84. The van der Waals surface area contributed by atoms with E-state index in [0.29, 0.717) is 21.2 Å². The quantitative estimate of drug-likeness (QED) is 0.900. The Bertz CT molecular complexity index is 583. The van der Waals surface area contributed by atoms with E-state index in [-0.39, 0.29) is 5.91 Å². The number of anilines is 1. The number of thiophene rings is 1. The van der Waals surface area contributed by atoms with Crippen LogP contribution in [0.1, 0.15) is 15.2 Å². The van der Waals surface area contributed by atoms with Crippen LogP contribution in [0.3, 0.4) is 0 Å². The Morgan fingerprint density at radius 1 is 1.35 bits per heavy atom. The molecule has 0 atom stereocenters. The van der Waals surface area contributed by atoms with Gasteiger partial charge in [0.1, 0.15) is 0 Å². The number of rotatable bonds is 2. The highest BCUT2D eigenvalue weighted by atomic mass is 35.5. The Morgan fingerprint density at radius 2 is 2.06 bits per heavy atom. The van der Waals surface area contributed by atoms with Gasteiger partial charge in [-0.25, -0.2) is 0 Å². The Kier molecular flexibility index (Phi) is 3.43. The number of nitrogens with zero attached hydrogens (tertiary/aromatic N) is 1. The van der Waals surface area contributed by atoms with Crippen molar-refractivity contribution < 1.29 is 4.79 Å². The number of amides is 1. The number of halogens is 1. The second kappa shape index (κ2) is 5.00. The monoisotopic (exact) mass is 262 g/mol. The number of benzene rings is 1. The molecule has 5 heteroatoms. The molecule has 0 saturated heterocycles. The summed E-state index contributed by atoms with van der Waals surface area (Å²) in [5.41, 5.74) is 1.21. The molecule has 0 bridgehead atoms. The minimum Gasteiger partial charge on any atom is -0.321 e. The lowest BCUT2D eigenvalue weighted by Crippen LogP contribution is -2.09. The molecule has 0 aliphatic carbocycles. The first kappa shape index (κ1) is 11.6. The van der Waals surface area contributed by atoms with Gasteiger partial charge in [-0.15, -0.1) is 11.3 Å². The van der Waals surface area contributed by atoms with Crippen molar-refractivity contribution >= 4 is 34.5 Å². The molecule has 84 valence electrons. The largest absolute Gasteiger partial charge is 0.321 e. The summed E-state index contributed by atoms with van der Waals surface area (Å²) in [6.45, 7) is 0. The maximum Gasteiger partial charge on any atom is 0.265 e. The predicted molar refractivity (Wildman–Crippen MR) is 68.4 cm³/mol. The van der Waals surface area contributed by atoms with Gasteiger partial charge >= 0.3 is 0 Å². The van der Waals surface area contributed by atoms with Gasteiger partial charge in [0, 0.05) is 11.1 Å². The normalized spacial score (nSPS) is 9.65. The maximum atomic E-state index is 11.8. The number of hydrogen-bond acceptors (Lipinski definition) is 3. The van der Waals surface area contributed by atoms with Crippen LogP contribution in [0.5, 0.6) is 0 Å². The average molecular weight is 263 g/mol. The van der Waals surface area contributed by atoms with Gasteiger partial charge in [0.2, 0.25) is 0 Å². The SMILES string of the molecule is N#Cc1ccc(NC(=O)c2cc(Cl)cs2)cc1. The highest BCUT2D eigenvalue weighted by Gasteiger charge is 2.08. The molecule has 1 aromatic carbocycles. The zero-order chi connectivity index (χ0) is 12.3. The zero-order valence-corrected chi connectivity index (χ0v) is 10.2. The van der Waals surface area contributed by atoms with Crippen molar-refractivity contribution in [3.8, 4) is 6.07 Å². The molecule has 0 aliphatic rings. The van der Waals surface area contributed by atoms with Crippen molar-refractivity contribution in [3.05, 3.63) is 51.2 Å². The van der Waals surface area contributed by atoms with Crippen LogP contribution in [0, 0.1) is 11.3 Å². The van der Waals surface area contributed by atoms with Crippen molar-refractivity contribution in [3.63, 3.8) is 0 Å². The van der Waals surface area contributed by atoms with Crippen LogP contribution >= 0.6 is 22.9 Å². The zero-order valence-electron chi connectivity index (χ0n) is 8.61. The molecular formula is C12H7ClN2OS. The van der Waals surface area contributed by atoms with E-state index in [1.54, 1.807) is 35.7 Å². The van der Waals surface area contributed by atoms with Crippen LogP contribution in [-0.2, 0) is 0 Å². The van der Waals surface area contributed by atoms with Crippen LogP contribution in [0.4, 0.5) is 5.69 Å². The van der Waals surface area contributed by atoms with E-state index < -0.39 is 0 Å². The van der Waals surface area contributed by atoms with Crippen molar-refractivity contribution in [1.29, 1.82) is 5.26 Å². The van der Waals surface area contributed by atoms with Crippen LogP contribution < -0.4 is 5.32 Å². The third-order valence-electron chi connectivity index (χ3n) is 2.06. The van der Waals surface area contributed by atoms with E-state index in [0.717, 1.165) is 0 Å². The van der Waals surface area contributed by atoms with Gasteiger partial charge in [0.25, 0.3) is 5.91 Å². The molecule has 2 aromatic rings. The van der Waals surface area contributed by atoms with Crippen LogP contribution in [-0.4, -0.2) is 5.91 Å². The van der Waals surface area contributed by atoms with Gasteiger partial charge in [-0.2, -0.15) is 5.26 Å². The number of carbonyl (C=O) groups is 1. The van der Waals surface area contributed by atoms with Crippen LogP contribution in [0.15, 0.2) is 35.7 Å². The van der Waals surface area contributed by atoms with E-state index in [2.05, 4.69) is 5.32 Å². The van der Waals surface area contributed by atoms with E-state index in [4.69, 9.17) is 16.9 Å². The molecule has 0 spiro atoms. The number of nitriles is 1. The summed E-state index contributed by atoms with van der Waals surface area (Å²) >= 11 is 7.03. The van der Waals surface area contributed by atoms with Crippen molar-refractivity contribution in [1.82, 2.24) is 0 Å². The lowest BCUT2D eigenvalue weighted by molar-refractivity contribution is 0.103. The smallest absolute Gasteiger partial charge is 0.265 e. The molecule has 1 amide bonds. The van der Waals surface area contributed by atoms with Crippen molar-refractivity contribution in [2.45, 2.75) is 0 Å². The number of hydrogen-bond donors (Lipinski definition) is 1. The fraction of sp³-hybridized carbons (Fsp3) is 0. The predicted octanol–water partition coefficient (Wildman–Crippen LogP) is 3.53. The first-order valence-electron chi connectivity index (χ1n) is 4.74. The van der Waals surface area contributed by atoms with Crippen LogP contribution in [0.2, 0.25) is 5.02 Å².